The molecule has 1 saturated heterocycles. The van der Waals surface area contributed by atoms with Crippen molar-refractivity contribution in [2.75, 3.05) is 32.4 Å². The molecule has 24 heavy (non-hydrogen) atoms. The molecule has 2 N–H and O–H groups in total. The number of sulfone groups is 1. The minimum atomic E-state index is -3.10. The van der Waals surface area contributed by atoms with E-state index in [1.54, 1.807) is 45.2 Å². The SMILES string of the molecule is CN=C(NCC(O)c1cccc(Cl)c1)N1CCS(=O)(=O)C(C)(C)C1. The lowest BCUT2D eigenvalue weighted by Gasteiger charge is -2.39. The summed E-state index contributed by atoms with van der Waals surface area (Å²) in [6, 6.07) is 7.05. The second-order valence-electron chi connectivity index (χ2n) is 6.50. The number of aliphatic imine (C=N–C) groups is 1. The number of nitrogens with one attached hydrogen (secondary N) is 1. The van der Waals surface area contributed by atoms with Gasteiger partial charge in [0, 0.05) is 31.7 Å². The standard InChI is InChI=1S/C16H24ClN3O3S/c1-16(2)11-20(7-8-24(16,22)23)15(18-3)19-10-14(21)12-5-4-6-13(17)9-12/h4-6,9,14,21H,7-8,10-11H2,1-3H3,(H,18,19). The number of hydrogen-bond acceptors (Lipinski definition) is 4. The summed E-state index contributed by atoms with van der Waals surface area (Å²) in [5, 5.41) is 14.0. The first-order valence-corrected chi connectivity index (χ1v) is 9.81. The summed E-state index contributed by atoms with van der Waals surface area (Å²) < 4.78 is 23.4. The fourth-order valence-corrected chi connectivity index (χ4v) is 4.24. The van der Waals surface area contributed by atoms with Gasteiger partial charge in [0.05, 0.1) is 16.6 Å². The van der Waals surface area contributed by atoms with E-state index in [-0.39, 0.29) is 12.3 Å². The maximum Gasteiger partial charge on any atom is 0.193 e. The Bertz CT molecular complexity index is 719. The molecule has 0 saturated carbocycles. The van der Waals surface area contributed by atoms with Crippen molar-refractivity contribution in [3.63, 3.8) is 0 Å². The third-order valence-electron chi connectivity index (χ3n) is 4.24. The quantitative estimate of drug-likeness (QED) is 0.619. The van der Waals surface area contributed by atoms with E-state index in [9.17, 15) is 13.5 Å². The molecule has 0 aliphatic carbocycles. The Kier molecular flexibility index (Phi) is 5.78. The monoisotopic (exact) mass is 373 g/mol. The second-order valence-corrected chi connectivity index (χ2v) is 9.68. The number of rotatable bonds is 3. The Hall–Kier alpha value is -1.31. The molecule has 1 atom stereocenters. The number of nitrogens with zero attached hydrogens (tertiary/aromatic N) is 2. The summed E-state index contributed by atoms with van der Waals surface area (Å²) in [5.41, 5.74) is 0.715. The minimum absolute atomic E-state index is 0.0948. The molecule has 2 rings (SSSR count). The third-order valence-corrected chi connectivity index (χ3v) is 7.01. The van der Waals surface area contributed by atoms with Crippen LogP contribution in [-0.4, -0.2) is 61.6 Å². The average Bonchev–Trinajstić information content (AvgIpc) is 2.51. The number of guanidine groups is 1. The zero-order valence-electron chi connectivity index (χ0n) is 14.2. The number of hydrogen-bond donors (Lipinski definition) is 2. The molecule has 0 spiro atoms. The van der Waals surface area contributed by atoms with Crippen LogP contribution in [0.4, 0.5) is 0 Å². The van der Waals surface area contributed by atoms with E-state index >= 15 is 0 Å². The van der Waals surface area contributed by atoms with Gasteiger partial charge in [-0.2, -0.15) is 0 Å². The lowest BCUT2D eigenvalue weighted by molar-refractivity contribution is 0.179. The molecule has 6 nitrogen and oxygen atoms in total. The average molecular weight is 374 g/mol. The number of aliphatic hydroxyl groups excluding tert-OH is 1. The van der Waals surface area contributed by atoms with Gasteiger partial charge < -0.3 is 15.3 Å². The van der Waals surface area contributed by atoms with Crippen molar-refractivity contribution in [3.8, 4) is 0 Å². The molecule has 0 aromatic heterocycles. The first kappa shape index (κ1) is 19.0. The van der Waals surface area contributed by atoms with Crippen molar-refractivity contribution in [1.29, 1.82) is 0 Å². The normalized spacial score (nSPS) is 21.4. The first-order chi connectivity index (χ1) is 11.2. The van der Waals surface area contributed by atoms with Crippen LogP contribution in [0, 0.1) is 0 Å². The van der Waals surface area contributed by atoms with E-state index in [0.29, 0.717) is 29.6 Å². The van der Waals surface area contributed by atoms with Gasteiger partial charge in [0.1, 0.15) is 0 Å². The molecule has 1 aromatic carbocycles. The zero-order valence-corrected chi connectivity index (χ0v) is 15.7. The maximum atomic E-state index is 12.1. The van der Waals surface area contributed by atoms with Crippen molar-refractivity contribution in [2.24, 2.45) is 4.99 Å². The van der Waals surface area contributed by atoms with Gasteiger partial charge in [0.2, 0.25) is 0 Å². The summed E-state index contributed by atoms with van der Waals surface area (Å²) in [5.74, 6) is 0.677. The van der Waals surface area contributed by atoms with E-state index in [0.717, 1.165) is 0 Å². The number of halogens is 1. The molecule has 1 aliphatic rings. The summed E-state index contributed by atoms with van der Waals surface area (Å²) in [6.07, 6.45) is -0.734. The largest absolute Gasteiger partial charge is 0.387 e. The molecule has 1 heterocycles. The van der Waals surface area contributed by atoms with Crippen molar-refractivity contribution in [3.05, 3.63) is 34.9 Å². The van der Waals surface area contributed by atoms with Crippen LogP contribution < -0.4 is 5.32 Å². The Labute approximate surface area is 148 Å². The molecular formula is C16H24ClN3O3S. The Morgan fingerprint density at radius 3 is 2.79 bits per heavy atom. The predicted octanol–water partition coefficient (Wildman–Crippen LogP) is 1.46. The Morgan fingerprint density at radius 2 is 2.21 bits per heavy atom. The van der Waals surface area contributed by atoms with Gasteiger partial charge in [0.15, 0.2) is 15.8 Å². The molecule has 1 unspecified atom stereocenters. The van der Waals surface area contributed by atoms with Gasteiger partial charge in [-0.15, -0.1) is 0 Å². The number of benzene rings is 1. The Morgan fingerprint density at radius 1 is 1.50 bits per heavy atom. The van der Waals surface area contributed by atoms with Crippen LogP contribution in [0.25, 0.3) is 0 Å². The molecule has 1 aliphatic heterocycles. The van der Waals surface area contributed by atoms with Gasteiger partial charge in [-0.05, 0) is 31.5 Å². The summed E-state index contributed by atoms with van der Waals surface area (Å²) in [4.78, 5) is 6.12. The van der Waals surface area contributed by atoms with Crippen LogP contribution in [0.1, 0.15) is 25.5 Å². The van der Waals surface area contributed by atoms with E-state index < -0.39 is 20.7 Å². The van der Waals surface area contributed by atoms with Crippen LogP contribution in [0.3, 0.4) is 0 Å². The van der Waals surface area contributed by atoms with Crippen molar-refractivity contribution in [2.45, 2.75) is 24.7 Å². The van der Waals surface area contributed by atoms with Crippen LogP contribution in [0.2, 0.25) is 5.02 Å². The maximum absolute atomic E-state index is 12.1. The molecule has 0 radical (unpaired) electrons. The minimum Gasteiger partial charge on any atom is -0.387 e. The van der Waals surface area contributed by atoms with Gasteiger partial charge in [-0.1, -0.05) is 23.7 Å². The molecular weight excluding hydrogens is 350 g/mol. The molecule has 1 fully saturated rings. The lowest BCUT2D eigenvalue weighted by Crippen LogP contribution is -2.57. The molecule has 134 valence electrons. The summed E-state index contributed by atoms with van der Waals surface area (Å²) in [6.45, 7) is 4.46. The van der Waals surface area contributed by atoms with Crippen molar-refractivity contribution < 1.29 is 13.5 Å². The van der Waals surface area contributed by atoms with Gasteiger partial charge >= 0.3 is 0 Å². The highest BCUT2D eigenvalue weighted by molar-refractivity contribution is 7.92. The molecule has 0 amide bonds. The fraction of sp³-hybridized carbons (Fsp3) is 0.562. The van der Waals surface area contributed by atoms with Crippen molar-refractivity contribution >= 4 is 27.4 Å². The van der Waals surface area contributed by atoms with Crippen LogP contribution in [-0.2, 0) is 9.84 Å². The third kappa shape index (κ3) is 4.20. The van der Waals surface area contributed by atoms with E-state index in [4.69, 9.17) is 11.6 Å². The first-order valence-electron chi connectivity index (χ1n) is 7.78. The Balaban J connectivity index is 2.01. The molecule has 8 heteroatoms. The topological polar surface area (TPSA) is 82.0 Å². The molecule has 0 bridgehead atoms. The van der Waals surface area contributed by atoms with Gasteiger partial charge in [-0.3, -0.25) is 4.99 Å². The highest BCUT2D eigenvalue weighted by atomic mass is 35.5. The van der Waals surface area contributed by atoms with E-state index in [1.807, 2.05) is 4.90 Å². The van der Waals surface area contributed by atoms with E-state index in [1.165, 1.54) is 0 Å². The highest BCUT2D eigenvalue weighted by Crippen LogP contribution is 2.24. The second kappa shape index (κ2) is 7.29. The van der Waals surface area contributed by atoms with Crippen LogP contribution in [0.15, 0.2) is 29.3 Å². The lowest BCUT2D eigenvalue weighted by atomic mass is 10.1. The van der Waals surface area contributed by atoms with Crippen LogP contribution >= 0.6 is 11.6 Å². The predicted molar refractivity (Wildman–Crippen MR) is 97.2 cm³/mol. The van der Waals surface area contributed by atoms with Gasteiger partial charge in [-0.25, -0.2) is 8.42 Å². The zero-order chi connectivity index (χ0) is 18.0. The fourth-order valence-electron chi connectivity index (χ4n) is 2.68. The summed E-state index contributed by atoms with van der Waals surface area (Å²) >= 11 is 5.94. The number of aliphatic hydroxyl groups is 1. The highest BCUT2D eigenvalue weighted by Gasteiger charge is 2.40. The van der Waals surface area contributed by atoms with Crippen molar-refractivity contribution in [1.82, 2.24) is 10.2 Å². The van der Waals surface area contributed by atoms with Gasteiger partial charge in [0.25, 0.3) is 0 Å². The molecule has 1 aromatic rings. The summed E-state index contributed by atoms with van der Waals surface area (Å²) in [7, 11) is -1.46. The van der Waals surface area contributed by atoms with E-state index in [2.05, 4.69) is 10.3 Å². The smallest absolute Gasteiger partial charge is 0.193 e. The van der Waals surface area contributed by atoms with Crippen LogP contribution in [0.5, 0.6) is 0 Å².